The number of benzene rings is 2. The van der Waals surface area contributed by atoms with Crippen LogP contribution < -0.4 is 5.32 Å². The summed E-state index contributed by atoms with van der Waals surface area (Å²) in [7, 11) is 0. The van der Waals surface area contributed by atoms with Gasteiger partial charge in [-0.05, 0) is 30.3 Å². The van der Waals surface area contributed by atoms with Crippen LogP contribution in [0.25, 0.3) is 33.1 Å². The molecule has 0 aliphatic rings. The average Bonchev–Trinajstić information content (AvgIpc) is 3.28. The lowest BCUT2D eigenvalue weighted by Gasteiger charge is -2.14. The van der Waals surface area contributed by atoms with Crippen molar-refractivity contribution >= 4 is 33.2 Å². The molecule has 6 nitrogen and oxygen atoms in total. The highest BCUT2D eigenvalue weighted by Gasteiger charge is 2.30. The summed E-state index contributed by atoms with van der Waals surface area (Å²) < 4.78 is 39.3. The summed E-state index contributed by atoms with van der Waals surface area (Å²) in [4.78, 5) is 11.9. The molecular formula is C21H13F3N6. The molecule has 2 aromatic carbocycles. The number of fused-ring (bicyclic) bond motifs is 3. The number of nitrogens with zero attached hydrogens (tertiary/aromatic N) is 4. The minimum absolute atomic E-state index is 0.284. The van der Waals surface area contributed by atoms with E-state index in [2.05, 4.69) is 25.5 Å². The van der Waals surface area contributed by atoms with Gasteiger partial charge in [0, 0.05) is 39.8 Å². The molecule has 3 heterocycles. The second-order valence-electron chi connectivity index (χ2n) is 6.62. The standard InChI is InChI=1S/C21H13F3N6/c22-21(23,24)12-3-1-4-13(9-12)28-20-15-7-8-25-10-17(15)14-5-2-6-16(18(14)29-20)19-26-11-27-30-19/h1-11H,(H,28,29)(H,26,27,30). The maximum Gasteiger partial charge on any atom is 0.416 e. The number of anilines is 2. The van der Waals surface area contributed by atoms with Crippen LogP contribution in [-0.4, -0.2) is 25.1 Å². The molecule has 0 spiro atoms. The quantitative estimate of drug-likeness (QED) is 0.396. The van der Waals surface area contributed by atoms with Crippen molar-refractivity contribution in [2.24, 2.45) is 0 Å². The minimum Gasteiger partial charge on any atom is -0.340 e. The second-order valence-corrected chi connectivity index (χ2v) is 6.62. The van der Waals surface area contributed by atoms with Crippen molar-refractivity contribution in [3.05, 3.63) is 72.8 Å². The number of para-hydroxylation sites is 1. The van der Waals surface area contributed by atoms with Crippen LogP contribution >= 0.6 is 0 Å². The van der Waals surface area contributed by atoms with Gasteiger partial charge in [-0.15, -0.1) is 10.2 Å². The van der Waals surface area contributed by atoms with E-state index in [0.29, 0.717) is 17.2 Å². The van der Waals surface area contributed by atoms with Gasteiger partial charge in [0.05, 0.1) is 11.1 Å². The van der Waals surface area contributed by atoms with E-state index in [0.717, 1.165) is 33.9 Å². The number of hydrogen-bond acceptors (Lipinski definition) is 5. The van der Waals surface area contributed by atoms with Crippen molar-refractivity contribution < 1.29 is 13.2 Å². The number of hydrogen-bond donors (Lipinski definition) is 2. The van der Waals surface area contributed by atoms with Crippen molar-refractivity contribution in [3.8, 4) is 11.4 Å². The van der Waals surface area contributed by atoms with E-state index in [1.165, 1.54) is 12.4 Å². The van der Waals surface area contributed by atoms with Crippen LogP contribution in [-0.2, 0) is 6.18 Å². The van der Waals surface area contributed by atoms with Crippen molar-refractivity contribution in [2.45, 2.75) is 6.18 Å². The molecule has 3 aromatic heterocycles. The van der Waals surface area contributed by atoms with Crippen molar-refractivity contribution in [2.75, 3.05) is 5.32 Å². The third-order valence-corrected chi connectivity index (χ3v) is 4.75. The topological polar surface area (TPSA) is 79.4 Å². The highest BCUT2D eigenvalue weighted by Crippen LogP contribution is 2.35. The first kappa shape index (κ1) is 18.0. The summed E-state index contributed by atoms with van der Waals surface area (Å²) in [6, 6.07) is 12.4. The van der Waals surface area contributed by atoms with E-state index < -0.39 is 11.7 Å². The Balaban J connectivity index is 1.73. The van der Waals surface area contributed by atoms with E-state index in [1.807, 2.05) is 18.2 Å². The van der Waals surface area contributed by atoms with Gasteiger partial charge in [-0.3, -0.25) is 4.98 Å². The molecule has 30 heavy (non-hydrogen) atoms. The Morgan fingerprint density at radius 2 is 1.80 bits per heavy atom. The highest BCUT2D eigenvalue weighted by molar-refractivity contribution is 6.13. The number of pyridine rings is 2. The van der Waals surface area contributed by atoms with Crippen LogP contribution in [0.1, 0.15) is 5.56 Å². The van der Waals surface area contributed by atoms with Gasteiger partial charge in [-0.2, -0.15) is 13.2 Å². The maximum absolute atomic E-state index is 13.1. The van der Waals surface area contributed by atoms with Crippen LogP contribution in [0, 0.1) is 0 Å². The molecule has 0 aliphatic heterocycles. The van der Waals surface area contributed by atoms with E-state index in [-0.39, 0.29) is 5.69 Å². The Hall–Kier alpha value is -4.01. The molecule has 0 radical (unpaired) electrons. The number of halogens is 3. The molecule has 0 amide bonds. The molecule has 0 fully saturated rings. The van der Waals surface area contributed by atoms with Crippen LogP contribution in [0.4, 0.5) is 24.7 Å². The molecule has 0 saturated heterocycles. The number of alkyl halides is 3. The minimum atomic E-state index is -4.43. The van der Waals surface area contributed by atoms with Gasteiger partial charge in [0.2, 0.25) is 0 Å². The number of H-pyrrole nitrogens is 1. The first-order chi connectivity index (χ1) is 14.5. The third kappa shape index (κ3) is 3.10. The monoisotopic (exact) mass is 406 g/mol. The smallest absolute Gasteiger partial charge is 0.340 e. The van der Waals surface area contributed by atoms with Gasteiger partial charge >= 0.3 is 6.18 Å². The summed E-state index contributed by atoms with van der Waals surface area (Å²) in [5, 5.41) is 13.3. The summed E-state index contributed by atoms with van der Waals surface area (Å²) in [5.41, 5.74) is 0.903. The average molecular weight is 406 g/mol. The molecule has 5 rings (SSSR count). The van der Waals surface area contributed by atoms with E-state index in [9.17, 15) is 13.2 Å². The molecule has 0 bridgehead atoms. The fourth-order valence-electron chi connectivity index (χ4n) is 3.40. The first-order valence-corrected chi connectivity index (χ1v) is 8.98. The zero-order chi connectivity index (χ0) is 20.7. The Morgan fingerprint density at radius 3 is 2.60 bits per heavy atom. The summed E-state index contributed by atoms with van der Waals surface area (Å²) in [6.07, 6.45) is 0.368. The Morgan fingerprint density at radius 1 is 0.933 bits per heavy atom. The lowest BCUT2D eigenvalue weighted by Crippen LogP contribution is -2.05. The summed E-state index contributed by atoms with van der Waals surface area (Å²) >= 11 is 0. The fourth-order valence-corrected chi connectivity index (χ4v) is 3.40. The molecule has 5 aromatic rings. The highest BCUT2D eigenvalue weighted by atomic mass is 19.4. The van der Waals surface area contributed by atoms with Gasteiger partial charge in [-0.25, -0.2) is 4.98 Å². The van der Waals surface area contributed by atoms with E-state index in [4.69, 9.17) is 4.98 Å². The molecular weight excluding hydrogens is 393 g/mol. The molecule has 0 unspecified atom stereocenters. The molecule has 0 aliphatic carbocycles. The Labute approximate surface area is 167 Å². The fraction of sp³-hybridized carbons (Fsp3) is 0.0476. The normalized spacial score (nSPS) is 11.8. The van der Waals surface area contributed by atoms with Gasteiger partial charge in [-0.1, -0.05) is 18.2 Å². The summed E-state index contributed by atoms with van der Waals surface area (Å²) in [5.74, 6) is 0.965. The predicted octanol–water partition coefficient (Wildman–Crippen LogP) is 5.33. The SMILES string of the molecule is FC(F)(F)c1cccc(Nc2nc3c(-c4nnc[nH]4)cccc3c3cnccc23)c1. The zero-order valence-electron chi connectivity index (χ0n) is 15.3. The first-order valence-electron chi connectivity index (χ1n) is 8.98. The third-order valence-electron chi connectivity index (χ3n) is 4.75. The Kier molecular flexibility index (Phi) is 4.09. The van der Waals surface area contributed by atoms with Crippen molar-refractivity contribution in [1.29, 1.82) is 0 Å². The van der Waals surface area contributed by atoms with Crippen LogP contribution in [0.15, 0.2) is 67.3 Å². The largest absolute Gasteiger partial charge is 0.416 e. The van der Waals surface area contributed by atoms with Crippen LogP contribution in [0.3, 0.4) is 0 Å². The van der Waals surface area contributed by atoms with E-state index in [1.54, 1.807) is 24.5 Å². The number of aromatic amines is 1. The maximum atomic E-state index is 13.1. The number of rotatable bonds is 3. The van der Waals surface area contributed by atoms with Gasteiger partial charge in [0.25, 0.3) is 0 Å². The van der Waals surface area contributed by atoms with Crippen molar-refractivity contribution in [3.63, 3.8) is 0 Å². The molecule has 2 N–H and O–H groups in total. The molecule has 0 atom stereocenters. The van der Waals surface area contributed by atoms with Crippen molar-refractivity contribution in [1.82, 2.24) is 25.1 Å². The predicted molar refractivity (Wildman–Crippen MR) is 107 cm³/mol. The number of aromatic nitrogens is 5. The number of nitrogens with one attached hydrogen (secondary N) is 2. The second kappa shape index (κ2) is 6.80. The Bertz CT molecular complexity index is 1360. The molecule has 9 heteroatoms. The van der Waals surface area contributed by atoms with E-state index >= 15 is 0 Å². The van der Waals surface area contributed by atoms with Crippen LogP contribution in [0.5, 0.6) is 0 Å². The van der Waals surface area contributed by atoms with Crippen LogP contribution in [0.2, 0.25) is 0 Å². The lowest BCUT2D eigenvalue weighted by molar-refractivity contribution is -0.137. The van der Waals surface area contributed by atoms with Gasteiger partial charge in [0.15, 0.2) is 5.82 Å². The molecule has 0 saturated carbocycles. The van der Waals surface area contributed by atoms with Gasteiger partial charge in [0.1, 0.15) is 12.1 Å². The molecule has 148 valence electrons. The summed E-state index contributed by atoms with van der Waals surface area (Å²) in [6.45, 7) is 0. The lowest BCUT2D eigenvalue weighted by atomic mass is 10.0. The van der Waals surface area contributed by atoms with Gasteiger partial charge < -0.3 is 10.3 Å². The zero-order valence-corrected chi connectivity index (χ0v) is 15.3.